The molecule has 0 fully saturated rings. The number of hydrogen-bond acceptors (Lipinski definition) is 5. The molecular formula is C20H22ClNO4S. The van der Waals surface area contributed by atoms with Crippen LogP contribution in [0, 0.1) is 0 Å². The zero-order valence-corrected chi connectivity index (χ0v) is 16.7. The first-order valence-electron chi connectivity index (χ1n) is 8.71. The standard InChI is InChI=1S/C20H22ClNO4S/c1-24-16-5-3-14(4-6-16)11-22-19(23)13-27-12-15-9-17(21)20-18(10-15)25-7-2-8-26-20/h3-6,9-10H,2,7-8,11-13H2,1H3,(H,22,23). The summed E-state index contributed by atoms with van der Waals surface area (Å²) in [5.74, 6) is 3.14. The van der Waals surface area contributed by atoms with Crippen molar-refractivity contribution in [1.29, 1.82) is 0 Å². The third kappa shape index (κ3) is 5.71. The highest BCUT2D eigenvalue weighted by Crippen LogP contribution is 2.38. The minimum Gasteiger partial charge on any atom is -0.497 e. The predicted octanol–water partition coefficient (Wildman–Crippen LogP) is 4.06. The van der Waals surface area contributed by atoms with E-state index in [-0.39, 0.29) is 5.91 Å². The molecule has 0 aromatic heterocycles. The van der Waals surface area contributed by atoms with Gasteiger partial charge in [-0.25, -0.2) is 0 Å². The topological polar surface area (TPSA) is 56.8 Å². The fourth-order valence-electron chi connectivity index (χ4n) is 2.62. The molecule has 1 aliphatic rings. The third-order valence-electron chi connectivity index (χ3n) is 4.01. The highest BCUT2D eigenvalue weighted by atomic mass is 35.5. The number of carbonyl (C=O) groups is 1. The zero-order valence-electron chi connectivity index (χ0n) is 15.1. The summed E-state index contributed by atoms with van der Waals surface area (Å²) in [6.07, 6.45) is 0.837. The Kier molecular flexibility index (Phi) is 7.12. The molecule has 0 atom stereocenters. The molecule has 2 aromatic carbocycles. The summed E-state index contributed by atoms with van der Waals surface area (Å²) in [5, 5.41) is 3.47. The molecule has 0 unspecified atom stereocenters. The first kappa shape index (κ1) is 19.7. The number of hydrogen-bond donors (Lipinski definition) is 1. The van der Waals surface area contributed by atoms with Crippen molar-refractivity contribution in [2.24, 2.45) is 0 Å². The number of benzene rings is 2. The summed E-state index contributed by atoms with van der Waals surface area (Å²) in [5.41, 5.74) is 2.04. The number of halogens is 1. The molecule has 27 heavy (non-hydrogen) atoms. The van der Waals surface area contributed by atoms with E-state index in [1.165, 1.54) is 11.8 Å². The summed E-state index contributed by atoms with van der Waals surface area (Å²) < 4.78 is 16.4. The lowest BCUT2D eigenvalue weighted by Crippen LogP contribution is -2.24. The molecule has 1 aliphatic heterocycles. The Morgan fingerprint density at radius 1 is 1.19 bits per heavy atom. The van der Waals surface area contributed by atoms with E-state index in [4.69, 9.17) is 25.8 Å². The van der Waals surface area contributed by atoms with Crippen molar-refractivity contribution in [3.63, 3.8) is 0 Å². The summed E-state index contributed by atoms with van der Waals surface area (Å²) in [6, 6.07) is 11.4. The molecule has 0 aliphatic carbocycles. The SMILES string of the molecule is COc1ccc(CNC(=O)CSCc2cc(Cl)c3c(c2)OCCCO3)cc1. The smallest absolute Gasteiger partial charge is 0.230 e. The van der Waals surface area contributed by atoms with Gasteiger partial charge in [-0.2, -0.15) is 0 Å². The number of thioether (sulfide) groups is 1. The Hall–Kier alpha value is -2.05. The second-order valence-corrected chi connectivity index (χ2v) is 7.47. The molecule has 7 heteroatoms. The van der Waals surface area contributed by atoms with Crippen LogP contribution >= 0.6 is 23.4 Å². The van der Waals surface area contributed by atoms with E-state index in [2.05, 4.69) is 5.32 Å². The minimum atomic E-state index is -0.00346. The number of carbonyl (C=O) groups excluding carboxylic acids is 1. The van der Waals surface area contributed by atoms with E-state index >= 15 is 0 Å². The van der Waals surface area contributed by atoms with Gasteiger partial charge in [0.2, 0.25) is 5.91 Å². The number of nitrogens with one attached hydrogen (secondary N) is 1. The van der Waals surface area contributed by atoms with Crippen molar-refractivity contribution < 1.29 is 19.0 Å². The predicted molar refractivity (Wildman–Crippen MR) is 108 cm³/mol. The van der Waals surface area contributed by atoms with Crippen LogP contribution in [-0.4, -0.2) is 32.0 Å². The molecule has 0 saturated carbocycles. The van der Waals surface area contributed by atoms with Crippen molar-refractivity contribution in [2.75, 3.05) is 26.1 Å². The minimum absolute atomic E-state index is 0.00346. The summed E-state index contributed by atoms with van der Waals surface area (Å²) in [4.78, 5) is 12.0. The van der Waals surface area contributed by atoms with Crippen LogP contribution in [0.5, 0.6) is 17.2 Å². The molecule has 1 amide bonds. The lowest BCUT2D eigenvalue weighted by atomic mass is 10.2. The Labute approximate surface area is 168 Å². The van der Waals surface area contributed by atoms with E-state index in [9.17, 15) is 4.79 Å². The van der Waals surface area contributed by atoms with Crippen molar-refractivity contribution in [3.8, 4) is 17.2 Å². The molecule has 0 saturated heterocycles. The number of amides is 1. The molecule has 144 valence electrons. The Morgan fingerprint density at radius 3 is 2.74 bits per heavy atom. The summed E-state index contributed by atoms with van der Waals surface area (Å²) in [6.45, 7) is 1.72. The second-order valence-electron chi connectivity index (χ2n) is 6.07. The highest BCUT2D eigenvalue weighted by molar-refractivity contribution is 7.99. The number of fused-ring (bicyclic) bond motifs is 1. The number of methoxy groups -OCH3 is 1. The first-order valence-corrected chi connectivity index (χ1v) is 10.2. The Bertz CT molecular complexity index is 782. The first-order chi connectivity index (χ1) is 13.2. The van der Waals surface area contributed by atoms with Crippen LogP contribution in [0.4, 0.5) is 0 Å². The van der Waals surface area contributed by atoms with Gasteiger partial charge in [0, 0.05) is 18.7 Å². The molecule has 5 nitrogen and oxygen atoms in total. The molecule has 0 bridgehead atoms. The van der Waals surface area contributed by atoms with Crippen LogP contribution in [0.1, 0.15) is 17.5 Å². The fraction of sp³-hybridized carbons (Fsp3) is 0.350. The van der Waals surface area contributed by atoms with Crippen molar-refractivity contribution >= 4 is 29.3 Å². The second kappa shape index (κ2) is 9.76. The van der Waals surface area contributed by atoms with Crippen LogP contribution in [0.15, 0.2) is 36.4 Å². The van der Waals surface area contributed by atoms with Crippen molar-refractivity contribution in [2.45, 2.75) is 18.7 Å². The van der Waals surface area contributed by atoms with Gasteiger partial charge in [0.15, 0.2) is 11.5 Å². The number of rotatable bonds is 7. The summed E-state index contributed by atoms with van der Waals surface area (Å²) in [7, 11) is 1.63. The van der Waals surface area contributed by atoms with Crippen LogP contribution in [0.25, 0.3) is 0 Å². The van der Waals surface area contributed by atoms with Gasteiger partial charge >= 0.3 is 0 Å². The van der Waals surface area contributed by atoms with Gasteiger partial charge < -0.3 is 19.5 Å². The average molecular weight is 408 g/mol. The largest absolute Gasteiger partial charge is 0.497 e. The summed E-state index contributed by atoms with van der Waals surface area (Å²) >= 11 is 7.83. The monoisotopic (exact) mass is 407 g/mol. The Balaban J connectivity index is 1.45. The van der Waals surface area contributed by atoms with E-state index in [1.54, 1.807) is 7.11 Å². The molecule has 1 heterocycles. The normalized spacial score (nSPS) is 13.0. The molecular weight excluding hydrogens is 386 g/mol. The molecule has 0 radical (unpaired) electrons. The van der Waals surface area contributed by atoms with Crippen molar-refractivity contribution in [1.82, 2.24) is 5.32 Å². The highest BCUT2D eigenvalue weighted by Gasteiger charge is 2.15. The van der Waals surface area contributed by atoms with Crippen LogP contribution in [-0.2, 0) is 17.1 Å². The van der Waals surface area contributed by atoms with E-state index in [0.29, 0.717) is 47.8 Å². The van der Waals surface area contributed by atoms with Gasteiger partial charge in [-0.3, -0.25) is 4.79 Å². The van der Waals surface area contributed by atoms with Crippen LogP contribution in [0.3, 0.4) is 0 Å². The van der Waals surface area contributed by atoms with Crippen LogP contribution in [0.2, 0.25) is 5.02 Å². The molecule has 0 spiro atoms. The third-order valence-corrected chi connectivity index (χ3v) is 5.30. The lowest BCUT2D eigenvalue weighted by molar-refractivity contribution is -0.118. The van der Waals surface area contributed by atoms with Gasteiger partial charge in [0.05, 0.1) is 31.1 Å². The quantitative estimate of drug-likeness (QED) is 0.750. The van der Waals surface area contributed by atoms with Gasteiger partial charge in [0.25, 0.3) is 0 Å². The Morgan fingerprint density at radius 2 is 1.96 bits per heavy atom. The molecule has 2 aromatic rings. The molecule has 1 N–H and O–H groups in total. The van der Waals surface area contributed by atoms with Crippen LogP contribution < -0.4 is 19.5 Å². The maximum absolute atomic E-state index is 12.0. The van der Waals surface area contributed by atoms with E-state index in [0.717, 1.165) is 23.3 Å². The van der Waals surface area contributed by atoms with E-state index < -0.39 is 0 Å². The van der Waals surface area contributed by atoms with Gasteiger partial charge in [0.1, 0.15) is 5.75 Å². The lowest BCUT2D eigenvalue weighted by Gasteiger charge is -2.11. The average Bonchev–Trinajstić information content (AvgIpc) is 2.93. The van der Waals surface area contributed by atoms with Gasteiger partial charge in [-0.1, -0.05) is 23.7 Å². The maximum atomic E-state index is 12.0. The molecule has 3 rings (SSSR count). The van der Waals surface area contributed by atoms with Gasteiger partial charge in [-0.05, 0) is 35.4 Å². The number of ether oxygens (including phenoxy) is 3. The van der Waals surface area contributed by atoms with E-state index in [1.807, 2.05) is 36.4 Å². The van der Waals surface area contributed by atoms with Gasteiger partial charge in [-0.15, -0.1) is 11.8 Å². The maximum Gasteiger partial charge on any atom is 0.230 e. The van der Waals surface area contributed by atoms with Crippen molar-refractivity contribution in [3.05, 3.63) is 52.5 Å². The fourth-order valence-corrected chi connectivity index (χ4v) is 3.70. The zero-order chi connectivity index (χ0) is 19.1.